The Labute approximate surface area is 128 Å². The number of rotatable bonds is 5. The van der Waals surface area contributed by atoms with Crippen molar-refractivity contribution in [3.8, 4) is 5.75 Å². The number of hydrogen-bond acceptors (Lipinski definition) is 2. The molecule has 0 atom stereocenters. The average Bonchev–Trinajstić information content (AvgIpc) is 2.37. The molecule has 0 aliphatic carbocycles. The van der Waals surface area contributed by atoms with Gasteiger partial charge in [-0.2, -0.15) is 0 Å². The third kappa shape index (κ3) is 4.51. The van der Waals surface area contributed by atoms with Crippen LogP contribution in [0.1, 0.15) is 0 Å². The van der Waals surface area contributed by atoms with Gasteiger partial charge in [-0.25, -0.2) is 4.39 Å². The van der Waals surface area contributed by atoms with Crippen LogP contribution in [-0.2, 0) is 0 Å². The van der Waals surface area contributed by atoms with Crippen molar-refractivity contribution in [3.05, 3.63) is 57.2 Å². The summed E-state index contributed by atoms with van der Waals surface area (Å²) in [5.41, 5.74) is 0.995. The van der Waals surface area contributed by atoms with Gasteiger partial charge in [0.05, 0.1) is 0 Å². The molecule has 2 aromatic carbocycles. The van der Waals surface area contributed by atoms with Gasteiger partial charge >= 0.3 is 0 Å². The van der Waals surface area contributed by atoms with E-state index < -0.39 is 0 Å². The van der Waals surface area contributed by atoms with Gasteiger partial charge in [-0.1, -0.05) is 37.9 Å². The number of hydrogen-bond donors (Lipinski definition) is 1. The second-order valence-corrected chi connectivity index (χ2v) is 5.69. The van der Waals surface area contributed by atoms with Gasteiger partial charge in [0.2, 0.25) is 0 Å². The molecular formula is C14H12Br2FNO. The summed E-state index contributed by atoms with van der Waals surface area (Å²) in [6.45, 7) is 0.997. The molecule has 0 spiro atoms. The number of anilines is 1. The van der Waals surface area contributed by atoms with Crippen LogP contribution in [0.25, 0.3) is 0 Å². The summed E-state index contributed by atoms with van der Waals surface area (Å²) in [5.74, 6) is -0.101. The van der Waals surface area contributed by atoms with Crippen LogP contribution < -0.4 is 10.1 Å². The minimum atomic E-state index is -0.364. The second kappa shape index (κ2) is 6.91. The Morgan fingerprint density at radius 3 is 2.58 bits per heavy atom. The summed E-state index contributed by atoms with van der Waals surface area (Å²) in [4.78, 5) is 0. The maximum Gasteiger partial charge on any atom is 0.166 e. The van der Waals surface area contributed by atoms with Crippen molar-refractivity contribution in [1.29, 1.82) is 0 Å². The van der Waals surface area contributed by atoms with Crippen molar-refractivity contribution in [3.63, 3.8) is 0 Å². The van der Waals surface area contributed by atoms with Crippen LogP contribution in [-0.4, -0.2) is 13.2 Å². The lowest BCUT2D eigenvalue weighted by molar-refractivity contribution is 0.315. The fourth-order valence-electron chi connectivity index (χ4n) is 1.55. The SMILES string of the molecule is Fc1cc(Br)ccc1OCCNc1cccc(Br)c1. The van der Waals surface area contributed by atoms with Crippen molar-refractivity contribution in [2.45, 2.75) is 0 Å². The fourth-order valence-corrected chi connectivity index (χ4v) is 2.28. The molecule has 2 rings (SSSR count). The largest absolute Gasteiger partial charge is 0.489 e. The molecule has 19 heavy (non-hydrogen) atoms. The van der Waals surface area contributed by atoms with Crippen LogP contribution in [0.3, 0.4) is 0 Å². The Hall–Kier alpha value is -1.07. The van der Waals surface area contributed by atoms with E-state index in [9.17, 15) is 4.39 Å². The minimum absolute atomic E-state index is 0.263. The molecule has 0 aromatic heterocycles. The molecule has 100 valence electrons. The Morgan fingerprint density at radius 1 is 1.05 bits per heavy atom. The van der Waals surface area contributed by atoms with Crippen molar-refractivity contribution in [1.82, 2.24) is 0 Å². The first-order chi connectivity index (χ1) is 9.15. The molecule has 0 amide bonds. The van der Waals surface area contributed by atoms with Gasteiger partial charge in [0.1, 0.15) is 6.61 Å². The molecule has 0 bridgehead atoms. The number of nitrogens with one attached hydrogen (secondary N) is 1. The fraction of sp³-hybridized carbons (Fsp3) is 0.143. The third-order valence-electron chi connectivity index (χ3n) is 2.41. The predicted molar refractivity (Wildman–Crippen MR) is 82.2 cm³/mol. The lowest BCUT2D eigenvalue weighted by atomic mass is 10.3. The zero-order valence-corrected chi connectivity index (χ0v) is 13.2. The molecule has 0 saturated carbocycles. The number of halogens is 3. The lowest BCUT2D eigenvalue weighted by Gasteiger charge is -2.09. The van der Waals surface area contributed by atoms with E-state index in [1.165, 1.54) is 6.07 Å². The van der Waals surface area contributed by atoms with Crippen LogP contribution in [0.15, 0.2) is 51.4 Å². The standard InChI is InChI=1S/C14H12Br2FNO/c15-10-2-1-3-12(8-10)18-6-7-19-14-5-4-11(16)9-13(14)17/h1-5,8-9,18H,6-7H2. The molecule has 0 fully saturated rings. The smallest absolute Gasteiger partial charge is 0.166 e. The topological polar surface area (TPSA) is 21.3 Å². The highest BCUT2D eigenvalue weighted by Crippen LogP contribution is 2.21. The molecule has 2 aromatic rings. The zero-order chi connectivity index (χ0) is 13.7. The Bertz CT molecular complexity index is 563. The van der Waals surface area contributed by atoms with Crippen LogP contribution in [0.5, 0.6) is 5.75 Å². The molecule has 1 N–H and O–H groups in total. The summed E-state index contributed by atoms with van der Waals surface area (Å²) in [5, 5.41) is 3.20. The van der Waals surface area contributed by atoms with Gasteiger partial charge in [-0.05, 0) is 36.4 Å². The van der Waals surface area contributed by atoms with E-state index in [-0.39, 0.29) is 11.6 Å². The van der Waals surface area contributed by atoms with Crippen molar-refractivity contribution in [2.75, 3.05) is 18.5 Å². The van der Waals surface area contributed by atoms with Crippen molar-refractivity contribution in [2.24, 2.45) is 0 Å². The van der Waals surface area contributed by atoms with E-state index in [2.05, 4.69) is 37.2 Å². The van der Waals surface area contributed by atoms with Crippen LogP contribution in [0.2, 0.25) is 0 Å². The summed E-state index contributed by atoms with van der Waals surface area (Å²) >= 11 is 6.60. The van der Waals surface area contributed by atoms with Crippen LogP contribution in [0.4, 0.5) is 10.1 Å². The maximum absolute atomic E-state index is 13.5. The van der Waals surface area contributed by atoms with E-state index in [1.807, 2.05) is 24.3 Å². The quantitative estimate of drug-likeness (QED) is 0.740. The van der Waals surface area contributed by atoms with E-state index in [1.54, 1.807) is 12.1 Å². The average molecular weight is 389 g/mol. The molecule has 0 aliphatic rings. The number of benzene rings is 2. The third-order valence-corrected chi connectivity index (χ3v) is 3.39. The Balaban J connectivity index is 1.81. The van der Waals surface area contributed by atoms with Gasteiger partial charge in [0, 0.05) is 21.2 Å². The summed E-state index contributed by atoms with van der Waals surface area (Å²) in [7, 11) is 0. The van der Waals surface area contributed by atoms with E-state index in [0.717, 1.165) is 10.2 Å². The summed E-state index contributed by atoms with van der Waals surface area (Å²) < 4.78 is 20.6. The van der Waals surface area contributed by atoms with Gasteiger partial charge < -0.3 is 10.1 Å². The van der Waals surface area contributed by atoms with Crippen LogP contribution in [0, 0.1) is 5.82 Å². The van der Waals surface area contributed by atoms with E-state index >= 15 is 0 Å². The molecule has 2 nitrogen and oxygen atoms in total. The monoisotopic (exact) mass is 387 g/mol. The molecule has 0 unspecified atom stereocenters. The van der Waals surface area contributed by atoms with Gasteiger partial charge in [-0.15, -0.1) is 0 Å². The molecule has 0 aliphatic heterocycles. The highest BCUT2D eigenvalue weighted by atomic mass is 79.9. The zero-order valence-electron chi connectivity index (χ0n) is 10.00. The molecule has 0 radical (unpaired) electrons. The van der Waals surface area contributed by atoms with Gasteiger partial charge in [0.15, 0.2) is 11.6 Å². The summed E-state index contributed by atoms with van der Waals surface area (Å²) in [6, 6.07) is 12.6. The Kier molecular flexibility index (Phi) is 5.22. The first kappa shape index (κ1) is 14.3. The first-order valence-corrected chi connectivity index (χ1v) is 7.31. The minimum Gasteiger partial charge on any atom is -0.489 e. The highest BCUT2D eigenvalue weighted by molar-refractivity contribution is 9.10. The van der Waals surface area contributed by atoms with Gasteiger partial charge in [0.25, 0.3) is 0 Å². The Morgan fingerprint density at radius 2 is 1.84 bits per heavy atom. The maximum atomic E-state index is 13.5. The number of ether oxygens (including phenoxy) is 1. The normalized spacial score (nSPS) is 10.3. The van der Waals surface area contributed by atoms with E-state index in [4.69, 9.17) is 4.74 Å². The second-order valence-electron chi connectivity index (χ2n) is 3.86. The van der Waals surface area contributed by atoms with Gasteiger partial charge in [-0.3, -0.25) is 0 Å². The van der Waals surface area contributed by atoms with Crippen molar-refractivity contribution >= 4 is 37.5 Å². The highest BCUT2D eigenvalue weighted by Gasteiger charge is 2.03. The molecule has 0 saturated heterocycles. The van der Waals surface area contributed by atoms with Crippen molar-refractivity contribution < 1.29 is 9.13 Å². The molecule has 5 heteroatoms. The lowest BCUT2D eigenvalue weighted by Crippen LogP contribution is -2.12. The predicted octanol–water partition coefficient (Wildman–Crippen LogP) is 4.84. The van der Waals surface area contributed by atoms with Crippen LogP contribution >= 0.6 is 31.9 Å². The van der Waals surface area contributed by atoms with E-state index in [0.29, 0.717) is 17.6 Å². The molecule has 0 heterocycles. The first-order valence-electron chi connectivity index (χ1n) is 5.72. The molecular weight excluding hydrogens is 377 g/mol. The summed E-state index contributed by atoms with van der Waals surface area (Å²) in [6.07, 6.45) is 0.